The van der Waals surface area contributed by atoms with E-state index in [-0.39, 0.29) is 5.56 Å². The molecule has 12 heteroatoms. The molecule has 0 fully saturated rings. The Morgan fingerprint density at radius 3 is 2.14 bits per heavy atom. The third kappa shape index (κ3) is 4.74. The number of rotatable bonds is 6. The van der Waals surface area contributed by atoms with E-state index < -0.39 is 54.3 Å². The molecule has 28 heavy (non-hydrogen) atoms. The van der Waals surface area contributed by atoms with Crippen LogP contribution in [0, 0.1) is 0 Å². The van der Waals surface area contributed by atoms with Gasteiger partial charge in [-0.3, -0.25) is 0 Å². The summed E-state index contributed by atoms with van der Waals surface area (Å²) in [4.78, 5) is 18.1. The average Bonchev–Trinajstić information content (AvgIpc) is 2.59. The van der Waals surface area contributed by atoms with Crippen molar-refractivity contribution >= 4 is 5.97 Å². The lowest BCUT2D eigenvalue weighted by Crippen LogP contribution is -2.43. The monoisotopic (exact) mass is 412 g/mol. The molecule has 0 amide bonds. The molecule has 0 saturated carbocycles. The molecule has 1 aromatic heterocycles. The SMILES string of the molecule is O=C(O)c1cnc(-c2ccccc2)nc1C(F)(OCCC(F)(F)F)C(F)(F)F. The first kappa shape index (κ1) is 21.5. The Kier molecular flexibility index (Phi) is 5.92. The standard InChI is InChI=1S/C16H11F7N2O3/c17-14(18,19)6-7-28-15(20,16(21,22)23)11-10(13(26)27)8-24-12(25-11)9-4-2-1-3-5-9/h1-5,8H,6-7H2,(H,26,27). The number of halogens is 7. The van der Waals surface area contributed by atoms with E-state index in [4.69, 9.17) is 5.11 Å². The van der Waals surface area contributed by atoms with Crippen molar-refractivity contribution in [1.82, 2.24) is 9.97 Å². The summed E-state index contributed by atoms with van der Waals surface area (Å²) in [5, 5.41) is 9.06. The van der Waals surface area contributed by atoms with Crippen molar-refractivity contribution in [3.63, 3.8) is 0 Å². The molecular weight excluding hydrogens is 401 g/mol. The maximum atomic E-state index is 14.9. The van der Waals surface area contributed by atoms with Gasteiger partial charge in [0.2, 0.25) is 0 Å². The van der Waals surface area contributed by atoms with E-state index in [0.29, 0.717) is 6.20 Å². The van der Waals surface area contributed by atoms with Crippen LogP contribution in [0.2, 0.25) is 0 Å². The highest BCUT2D eigenvalue weighted by molar-refractivity contribution is 5.89. The zero-order valence-corrected chi connectivity index (χ0v) is 13.7. The van der Waals surface area contributed by atoms with Crippen molar-refractivity contribution in [2.24, 2.45) is 0 Å². The van der Waals surface area contributed by atoms with Gasteiger partial charge in [-0.05, 0) is 0 Å². The van der Waals surface area contributed by atoms with Crippen molar-refractivity contribution < 1.29 is 45.4 Å². The summed E-state index contributed by atoms with van der Waals surface area (Å²) in [7, 11) is 0. The highest BCUT2D eigenvalue weighted by Crippen LogP contribution is 2.44. The number of carboxylic acid groups (broad SMARTS) is 1. The predicted molar refractivity (Wildman–Crippen MR) is 79.9 cm³/mol. The lowest BCUT2D eigenvalue weighted by Gasteiger charge is -2.28. The lowest BCUT2D eigenvalue weighted by atomic mass is 10.1. The third-order valence-electron chi connectivity index (χ3n) is 3.41. The molecular formula is C16H11F7N2O3. The third-order valence-corrected chi connectivity index (χ3v) is 3.41. The molecule has 2 rings (SSSR count). The zero-order chi connectivity index (χ0) is 21.2. The van der Waals surface area contributed by atoms with E-state index >= 15 is 0 Å². The van der Waals surface area contributed by atoms with Gasteiger partial charge in [0.05, 0.1) is 13.0 Å². The minimum Gasteiger partial charge on any atom is -0.478 e. The minimum absolute atomic E-state index is 0.125. The van der Waals surface area contributed by atoms with Gasteiger partial charge in [0.1, 0.15) is 11.3 Å². The van der Waals surface area contributed by atoms with Crippen molar-refractivity contribution in [3.8, 4) is 11.4 Å². The number of carboxylic acids is 1. The van der Waals surface area contributed by atoms with Crippen molar-refractivity contribution in [2.45, 2.75) is 24.6 Å². The number of alkyl halides is 7. The maximum absolute atomic E-state index is 14.9. The van der Waals surface area contributed by atoms with E-state index in [1.54, 1.807) is 6.07 Å². The first-order valence-electron chi connectivity index (χ1n) is 7.48. The van der Waals surface area contributed by atoms with E-state index in [1.807, 2.05) is 0 Å². The van der Waals surface area contributed by atoms with Gasteiger partial charge in [-0.1, -0.05) is 30.3 Å². The van der Waals surface area contributed by atoms with Crippen LogP contribution in [-0.4, -0.2) is 40.0 Å². The van der Waals surface area contributed by atoms with Crippen LogP contribution in [0.15, 0.2) is 36.5 Å². The highest BCUT2D eigenvalue weighted by atomic mass is 19.4. The molecule has 5 nitrogen and oxygen atoms in total. The molecule has 0 saturated heterocycles. The minimum atomic E-state index is -5.91. The van der Waals surface area contributed by atoms with Crippen LogP contribution >= 0.6 is 0 Å². The van der Waals surface area contributed by atoms with Crippen molar-refractivity contribution in [2.75, 3.05) is 6.61 Å². The average molecular weight is 412 g/mol. The van der Waals surface area contributed by atoms with Crippen LogP contribution in [-0.2, 0) is 10.6 Å². The zero-order valence-electron chi connectivity index (χ0n) is 13.7. The summed E-state index contributed by atoms with van der Waals surface area (Å²) in [5.41, 5.74) is -2.92. The van der Waals surface area contributed by atoms with Crippen LogP contribution in [0.1, 0.15) is 22.5 Å². The fourth-order valence-corrected chi connectivity index (χ4v) is 2.10. The Morgan fingerprint density at radius 2 is 1.64 bits per heavy atom. The number of hydrogen-bond donors (Lipinski definition) is 1. The number of hydrogen-bond acceptors (Lipinski definition) is 4. The van der Waals surface area contributed by atoms with Crippen LogP contribution in [0.25, 0.3) is 11.4 Å². The molecule has 152 valence electrons. The van der Waals surface area contributed by atoms with Gasteiger partial charge in [0.25, 0.3) is 0 Å². The van der Waals surface area contributed by atoms with Gasteiger partial charge < -0.3 is 9.84 Å². The molecule has 2 aromatic rings. The Bertz CT molecular complexity index is 840. The summed E-state index contributed by atoms with van der Waals surface area (Å²) in [6, 6.07) is 7.21. The van der Waals surface area contributed by atoms with Gasteiger partial charge >= 0.3 is 24.2 Å². The van der Waals surface area contributed by atoms with Crippen LogP contribution in [0.4, 0.5) is 30.7 Å². The van der Waals surface area contributed by atoms with E-state index in [0.717, 1.165) is 0 Å². The molecule has 0 aliphatic heterocycles. The maximum Gasteiger partial charge on any atom is 0.454 e. The van der Waals surface area contributed by atoms with E-state index in [1.165, 1.54) is 24.3 Å². The number of benzene rings is 1. The molecule has 1 aromatic carbocycles. The van der Waals surface area contributed by atoms with Gasteiger partial charge in [-0.25, -0.2) is 14.8 Å². The lowest BCUT2D eigenvalue weighted by molar-refractivity contribution is -0.347. The summed E-state index contributed by atoms with van der Waals surface area (Å²) < 4.78 is 95.4. The molecule has 0 spiro atoms. The van der Waals surface area contributed by atoms with E-state index in [9.17, 15) is 35.5 Å². The Labute approximate surface area is 152 Å². The Morgan fingerprint density at radius 1 is 1.04 bits per heavy atom. The number of nitrogens with zero attached hydrogens (tertiary/aromatic N) is 2. The molecule has 1 N–H and O–H groups in total. The predicted octanol–water partition coefficient (Wildman–Crippen LogP) is 4.50. The van der Waals surface area contributed by atoms with E-state index in [2.05, 4.69) is 14.7 Å². The quantitative estimate of drug-likeness (QED) is 0.708. The van der Waals surface area contributed by atoms with Gasteiger partial charge in [-0.15, -0.1) is 0 Å². The molecule has 1 unspecified atom stereocenters. The molecule has 0 aliphatic rings. The molecule has 1 atom stereocenters. The highest BCUT2D eigenvalue weighted by Gasteiger charge is 2.62. The molecule has 1 heterocycles. The van der Waals surface area contributed by atoms with Gasteiger partial charge in [-0.2, -0.15) is 30.7 Å². The van der Waals surface area contributed by atoms with Crippen molar-refractivity contribution in [1.29, 1.82) is 0 Å². The van der Waals surface area contributed by atoms with Crippen LogP contribution < -0.4 is 0 Å². The second-order valence-corrected chi connectivity index (χ2v) is 5.43. The Hall–Kier alpha value is -2.76. The summed E-state index contributed by atoms with van der Waals surface area (Å²) in [5.74, 6) is -7.37. The summed E-state index contributed by atoms with van der Waals surface area (Å²) >= 11 is 0. The molecule has 0 bridgehead atoms. The van der Waals surface area contributed by atoms with Crippen molar-refractivity contribution in [3.05, 3.63) is 47.8 Å². The molecule has 0 aliphatic carbocycles. The number of ether oxygens (including phenoxy) is 1. The number of carbonyl (C=O) groups is 1. The summed E-state index contributed by atoms with van der Waals surface area (Å²) in [6.07, 6.45) is -12.3. The van der Waals surface area contributed by atoms with Crippen LogP contribution in [0.5, 0.6) is 0 Å². The fourth-order valence-electron chi connectivity index (χ4n) is 2.10. The molecule has 0 radical (unpaired) electrons. The van der Waals surface area contributed by atoms with Gasteiger partial charge in [0.15, 0.2) is 5.82 Å². The number of aromatic carboxylic acids is 1. The normalized spacial score (nSPS) is 14.5. The topological polar surface area (TPSA) is 72.3 Å². The second kappa shape index (κ2) is 7.70. The largest absolute Gasteiger partial charge is 0.478 e. The Balaban J connectivity index is 2.58. The van der Waals surface area contributed by atoms with Gasteiger partial charge in [0, 0.05) is 11.8 Å². The smallest absolute Gasteiger partial charge is 0.454 e. The number of aromatic nitrogens is 2. The summed E-state index contributed by atoms with van der Waals surface area (Å²) in [6.45, 7) is -1.71. The van der Waals surface area contributed by atoms with Crippen LogP contribution in [0.3, 0.4) is 0 Å². The fraction of sp³-hybridized carbons (Fsp3) is 0.312. The first-order chi connectivity index (χ1) is 12.8. The second-order valence-electron chi connectivity index (χ2n) is 5.43. The first-order valence-corrected chi connectivity index (χ1v) is 7.48.